The van der Waals surface area contributed by atoms with Crippen molar-refractivity contribution in [1.29, 1.82) is 0 Å². The molecule has 2 amide bonds. The predicted octanol–water partition coefficient (Wildman–Crippen LogP) is 4.82. The normalized spacial score (nSPS) is 17.0. The average molecular weight is 604 g/mol. The van der Waals surface area contributed by atoms with Gasteiger partial charge in [0.05, 0.1) is 33.0 Å². The summed E-state index contributed by atoms with van der Waals surface area (Å²) in [6, 6.07) is 13.1. The Morgan fingerprint density at radius 1 is 0.864 bits per heavy atom. The van der Waals surface area contributed by atoms with Gasteiger partial charge in [-0.1, -0.05) is 19.9 Å². The molecular formula is C35H49N5O4. The van der Waals surface area contributed by atoms with Crippen LogP contribution in [0.4, 0.5) is 0 Å². The van der Waals surface area contributed by atoms with Gasteiger partial charge < -0.3 is 24.7 Å². The van der Waals surface area contributed by atoms with Crippen molar-refractivity contribution in [2.45, 2.75) is 58.4 Å². The van der Waals surface area contributed by atoms with E-state index in [1.807, 2.05) is 30.9 Å². The van der Waals surface area contributed by atoms with Crippen LogP contribution < -0.4 is 14.8 Å². The maximum atomic E-state index is 13.2. The van der Waals surface area contributed by atoms with Gasteiger partial charge in [-0.3, -0.25) is 19.4 Å². The molecule has 2 N–H and O–H groups in total. The highest BCUT2D eigenvalue weighted by Crippen LogP contribution is 2.40. The molecule has 0 saturated carbocycles. The Morgan fingerprint density at radius 3 is 2.14 bits per heavy atom. The Labute approximate surface area is 261 Å². The molecule has 3 aromatic rings. The summed E-state index contributed by atoms with van der Waals surface area (Å²) in [5.41, 5.74) is 5.99. The molecule has 2 aromatic carbocycles. The number of ether oxygens (including phenoxy) is 2. The topological polar surface area (TPSA) is 90.1 Å². The zero-order valence-corrected chi connectivity index (χ0v) is 27.2. The number of likely N-dealkylation sites (tertiary alicyclic amines) is 1. The van der Waals surface area contributed by atoms with Crippen molar-refractivity contribution in [2.75, 3.05) is 66.6 Å². The third-order valence-electron chi connectivity index (χ3n) is 9.07. The van der Waals surface area contributed by atoms with Gasteiger partial charge in [0.25, 0.3) is 0 Å². The maximum Gasteiger partial charge on any atom is 0.236 e. The number of carbonyl (C=O) groups excluding carboxylic acids is 2. The number of hydrogen-bond donors (Lipinski definition) is 2. The standard InChI is InChI=1S/C35H49N5O4/c1-23(2)34-28-19-26(7-9-29(28)37-35(34)27-8-10-30(43-5)31(20-27)44-6)25-11-13-40(14-12-25)33(42)22-39-17-15-38(16-18-39)21-32(41)36-24(3)4/h7-10,19-20,23-25,37H,11-18,21-22H2,1-6H3,(H,36,41). The van der Waals surface area contributed by atoms with Crippen LogP contribution in [0.25, 0.3) is 22.2 Å². The Balaban J connectivity index is 1.20. The molecule has 2 aliphatic heterocycles. The summed E-state index contributed by atoms with van der Waals surface area (Å²) in [7, 11) is 3.32. The molecule has 1 aromatic heterocycles. The molecule has 2 fully saturated rings. The monoisotopic (exact) mass is 603 g/mol. The van der Waals surface area contributed by atoms with E-state index in [0.29, 0.717) is 30.7 Å². The average Bonchev–Trinajstić information content (AvgIpc) is 3.40. The largest absolute Gasteiger partial charge is 0.493 e. The number of H-pyrrole nitrogens is 1. The zero-order valence-electron chi connectivity index (χ0n) is 27.2. The third kappa shape index (κ3) is 7.21. The lowest BCUT2D eigenvalue weighted by molar-refractivity contribution is -0.134. The van der Waals surface area contributed by atoms with E-state index in [4.69, 9.17) is 9.47 Å². The Bertz CT molecular complexity index is 1450. The summed E-state index contributed by atoms with van der Waals surface area (Å²) in [5, 5.41) is 4.22. The molecule has 3 heterocycles. The summed E-state index contributed by atoms with van der Waals surface area (Å²) < 4.78 is 11.0. The van der Waals surface area contributed by atoms with Crippen LogP contribution in [-0.2, 0) is 9.59 Å². The van der Waals surface area contributed by atoms with E-state index in [2.05, 4.69) is 58.2 Å². The summed E-state index contributed by atoms with van der Waals surface area (Å²) in [4.78, 5) is 35.4. The fourth-order valence-corrected chi connectivity index (χ4v) is 6.73. The quantitative estimate of drug-likeness (QED) is 0.345. The number of hydrogen-bond acceptors (Lipinski definition) is 6. The second-order valence-corrected chi connectivity index (χ2v) is 12.9. The molecule has 0 spiro atoms. The number of methoxy groups -OCH3 is 2. The van der Waals surface area contributed by atoms with E-state index >= 15 is 0 Å². The van der Waals surface area contributed by atoms with Gasteiger partial charge in [-0.25, -0.2) is 0 Å². The highest BCUT2D eigenvalue weighted by molar-refractivity contribution is 5.92. The number of amides is 2. The first-order valence-corrected chi connectivity index (χ1v) is 16.1. The van der Waals surface area contributed by atoms with Crippen LogP contribution in [0.2, 0.25) is 0 Å². The number of carbonyl (C=O) groups is 2. The maximum absolute atomic E-state index is 13.2. The van der Waals surface area contributed by atoms with Crippen LogP contribution >= 0.6 is 0 Å². The van der Waals surface area contributed by atoms with Crippen molar-refractivity contribution in [3.05, 3.63) is 47.5 Å². The van der Waals surface area contributed by atoms with E-state index in [1.165, 1.54) is 16.5 Å². The number of nitrogens with zero attached hydrogens (tertiary/aromatic N) is 3. The molecule has 0 atom stereocenters. The summed E-state index contributed by atoms with van der Waals surface area (Å²) in [6.45, 7) is 14.2. The van der Waals surface area contributed by atoms with Crippen LogP contribution in [0.15, 0.2) is 36.4 Å². The van der Waals surface area contributed by atoms with Gasteiger partial charge in [-0.05, 0) is 80.0 Å². The molecule has 0 bridgehead atoms. The first-order chi connectivity index (χ1) is 21.2. The lowest BCUT2D eigenvalue weighted by atomic mass is 9.87. The summed E-state index contributed by atoms with van der Waals surface area (Å²) in [5.74, 6) is 2.49. The summed E-state index contributed by atoms with van der Waals surface area (Å²) in [6.07, 6.45) is 1.94. The first kappa shape index (κ1) is 31.9. The van der Waals surface area contributed by atoms with E-state index in [1.54, 1.807) is 14.2 Å². The van der Waals surface area contributed by atoms with Gasteiger partial charge in [0, 0.05) is 61.8 Å². The number of aromatic amines is 1. The van der Waals surface area contributed by atoms with E-state index in [0.717, 1.165) is 74.6 Å². The van der Waals surface area contributed by atoms with Gasteiger partial charge >= 0.3 is 0 Å². The smallest absolute Gasteiger partial charge is 0.236 e. The van der Waals surface area contributed by atoms with Gasteiger partial charge in [-0.2, -0.15) is 0 Å². The molecule has 0 radical (unpaired) electrons. The summed E-state index contributed by atoms with van der Waals surface area (Å²) >= 11 is 0. The number of rotatable bonds is 10. The molecule has 9 heteroatoms. The predicted molar refractivity (Wildman–Crippen MR) is 176 cm³/mol. The molecule has 0 unspecified atom stereocenters. The van der Waals surface area contributed by atoms with Crippen LogP contribution in [0.1, 0.15) is 63.5 Å². The molecule has 238 valence electrons. The third-order valence-corrected chi connectivity index (χ3v) is 9.07. The van der Waals surface area contributed by atoms with E-state index in [-0.39, 0.29) is 17.9 Å². The highest BCUT2D eigenvalue weighted by atomic mass is 16.5. The van der Waals surface area contributed by atoms with Crippen molar-refractivity contribution in [3.8, 4) is 22.8 Å². The van der Waals surface area contributed by atoms with Gasteiger partial charge in [0.1, 0.15) is 0 Å². The number of nitrogens with one attached hydrogen (secondary N) is 2. The number of piperidine rings is 1. The number of aromatic nitrogens is 1. The van der Waals surface area contributed by atoms with Crippen LogP contribution in [0.3, 0.4) is 0 Å². The lowest BCUT2D eigenvalue weighted by Crippen LogP contribution is -2.52. The van der Waals surface area contributed by atoms with Crippen molar-refractivity contribution in [2.24, 2.45) is 0 Å². The van der Waals surface area contributed by atoms with Crippen LogP contribution in [0.5, 0.6) is 11.5 Å². The van der Waals surface area contributed by atoms with Gasteiger partial charge in [0.2, 0.25) is 11.8 Å². The molecule has 2 aliphatic rings. The molecule has 5 rings (SSSR count). The molecule has 9 nitrogen and oxygen atoms in total. The fourth-order valence-electron chi connectivity index (χ4n) is 6.73. The molecule has 2 saturated heterocycles. The van der Waals surface area contributed by atoms with Crippen molar-refractivity contribution in [1.82, 2.24) is 25.0 Å². The minimum Gasteiger partial charge on any atom is -0.493 e. The number of piperazine rings is 1. The number of fused-ring (bicyclic) bond motifs is 1. The van der Waals surface area contributed by atoms with Crippen LogP contribution in [-0.4, -0.2) is 104 Å². The number of benzene rings is 2. The molecule has 44 heavy (non-hydrogen) atoms. The van der Waals surface area contributed by atoms with E-state index < -0.39 is 0 Å². The van der Waals surface area contributed by atoms with Gasteiger partial charge in [0.15, 0.2) is 11.5 Å². The first-order valence-electron chi connectivity index (χ1n) is 16.1. The molecular weight excluding hydrogens is 554 g/mol. The second kappa shape index (κ2) is 14.0. The minimum absolute atomic E-state index is 0.0711. The lowest BCUT2D eigenvalue weighted by Gasteiger charge is -2.37. The van der Waals surface area contributed by atoms with E-state index in [9.17, 15) is 9.59 Å². The minimum atomic E-state index is 0.0711. The Kier molecular flexibility index (Phi) is 10.2. The fraction of sp³-hybridized carbons (Fsp3) is 0.543. The van der Waals surface area contributed by atoms with Crippen molar-refractivity contribution < 1.29 is 19.1 Å². The highest BCUT2D eigenvalue weighted by Gasteiger charge is 2.27. The molecule has 0 aliphatic carbocycles. The Morgan fingerprint density at radius 2 is 1.52 bits per heavy atom. The second-order valence-electron chi connectivity index (χ2n) is 12.9. The van der Waals surface area contributed by atoms with Crippen molar-refractivity contribution >= 4 is 22.7 Å². The van der Waals surface area contributed by atoms with Crippen LogP contribution in [0, 0.1) is 0 Å². The van der Waals surface area contributed by atoms with Crippen molar-refractivity contribution in [3.63, 3.8) is 0 Å². The van der Waals surface area contributed by atoms with Gasteiger partial charge in [-0.15, -0.1) is 0 Å². The Hall–Kier alpha value is -3.56. The zero-order chi connectivity index (χ0) is 31.4. The SMILES string of the molecule is COc1ccc(-c2[nH]c3ccc(C4CCN(C(=O)CN5CCN(CC(=O)NC(C)C)CC5)CC4)cc3c2C(C)C)cc1OC.